The van der Waals surface area contributed by atoms with E-state index in [4.69, 9.17) is 21.1 Å². The fourth-order valence-electron chi connectivity index (χ4n) is 3.79. The van der Waals surface area contributed by atoms with Crippen LogP contribution in [0.5, 0.6) is 5.75 Å². The Bertz CT molecular complexity index is 1270. The van der Waals surface area contributed by atoms with E-state index in [0.29, 0.717) is 44.9 Å². The summed E-state index contributed by atoms with van der Waals surface area (Å²) < 4.78 is 11.2. The van der Waals surface area contributed by atoms with E-state index in [1.165, 1.54) is 11.8 Å². The number of esters is 1. The Morgan fingerprint density at radius 2 is 1.84 bits per heavy atom. The van der Waals surface area contributed by atoms with Crippen LogP contribution in [0.3, 0.4) is 0 Å². The van der Waals surface area contributed by atoms with E-state index in [0.717, 1.165) is 5.56 Å². The molecule has 0 bridgehead atoms. The highest BCUT2D eigenvalue weighted by Gasteiger charge is 2.37. The highest BCUT2D eigenvalue weighted by atomic mass is 35.5. The SMILES string of the molecule is CCOc1ccccc1NC(=O)CSC1=C(C#N)C(c2ccc(Cl)cc2)C(C(=O)OC(C)(C)C)=C(C)N1. The van der Waals surface area contributed by atoms with Crippen LogP contribution in [0.4, 0.5) is 5.69 Å². The molecule has 2 aromatic rings. The number of dihydropyridines is 1. The van der Waals surface area contributed by atoms with Gasteiger partial charge in [-0.05, 0) is 64.4 Å². The van der Waals surface area contributed by atoms with Crippen LogP contribution in [0, 0.1) is 11.3 Å². The molecule has 0 aliphatic carbocycles. The third kappa shape index (κ3) is 7.31. The first kappa shape index (κ1) is 28.2. The molecule has 0 spiro atoms. The third-order valence-electron chi connectivity index (χ3n) is 5.28. The highest BCUT2D eigenvalue weighted by Crippen LogP contribution is 2.41. The van der Waals surface area contributed by atoms with Crippen molar-refractivity contribution in [3.8, 4) is 11.8 Å². The second-order valence-corrected chi connectivity index (χ2v) is 10.7. The van der Waals surface area contributed by atoms with Crippen LogP contribution in [-0.4, -0.2) is 29.8 Å². The number of hydrogen-bond donors (Lipinski definition) is 2. The second kappa shape index (κ2) is 12.2. The lowest BCUT2D eigenvalue weighted by atomic mass is 9.82. The normalized spacial score (nSPS) is 15.5. The predicted molar refractivity (Wildman–Crippen MR) is 147 cm³/mol. The van der Waals surface area contributed by atoms with Crippen LogP contribution in [0.25, 0.3) is 0 Å². The number of allylic oxidation sites excluding steroid dienone is 2. The van der Waals surface area contributed by atoms with Gasteiger partial charge >= 0.3 is 5.97 Å². The van der Waals surface area contributed by atoms with Gasteiger partial charge < -0.3 is 20.1 Å². The van der Waals surface area contributed by atoms with Gasteiger partial charge in [-0.3, -0.25) is 4.79 Å². The topological polar surface area (TPSA) is 100 Å². The standard InChI is InChI=1S/C28H30ClN3O4S/c1-6-35-22-10-8-7-9-21(22)32-23(33)16-37-26-20(15-30)25(18-11-13-19(29)14-12-18)24(17(2)31-26)27(34)36-28(3,4)5/h7-14,25,31H,6,16H2,1-5H3,(H,32,33). The minimum Gasteiger partial charge on any atom is -0.492 e. The zero-order valence-corrected chi connectivity index (χ0v) is 23.0. The van der Waals surface area contributed by atoms with Gasteiger partial charge in [0.25, 0.3) is 0 Å². The van der Waals surface area contributed by atoms with Crippen molar-refractivity contribution < 1.29 is 19.1 Å². The maximum absolute atomic E-state index is 13.2. The number of nitriles is 1. The van der Waals surface area contributed by atoms with Crippen molar-refractivity contribution in [2.24, 2.45) is 0 Å². The first-order valence-corrected chi connectivity index (χ1v) is 13.2. The molecule has 0 saturated carbocycles. The molecule has 1 aliphatic rings. The molecule has 9 heteroatoms. The minimum absolute atomic E-state index is 0.0381. The first-order valence-electron chi connectivity index (χ1n) is 11.8. The van der Waals surface area contributed by atoms with E-state index >= 15 is 0 Å². The van der Waals surface area contributed by atoms with E-state index in [9.17, 15) is 14.9 Å². The molecule has 2 aromatic carbocycles. The predicted octanol–water partition coefficient (Wildman–Crippen LogP) is 6.15. The third-order valence-corrected chi connectivity index (χ3v) is 6.55. The summed E-state index contributed by atoms with van der Waals surface area (Å²) in [4.78, 5) is 26.0. The van der Waals surface area contributed by atoms with Crippen LogP contribution in [0.2, 0.25) is 5.02 Å². The molecule has 1 amide bonds. The minimum atomic E-state index is -0.712. The summed E-state index contributed by atoms with van der Waals surface area (Å²) in [6.45, 7) is 9.48. The quantitative estimate of drug-likeness (QED) is 0.388. The van der Waals surface area contributed by atoms with Gasteiger partial charge in [-0.25, -0.2) is 4.79 Å². The Morgan fingerprint density at radius 1 is 1.16 bits per heavy atom. The number of anilines is 1. The summed E-state index contributed by atoms with van der Waals surface area (Å²) in [6.07, 6.45) is 0. The number of para-hydroxylation sites is 2. The molecule has 1 atom stereocenters. The molecule has 1 unspecified atom stereocenters. The lowest BCUT2D eigenvalue weighted by Gasteiger charge is -2.31. The van der Waals surface area contributed by atoms with Gasteiger partial charge in [-0.1, -0.05) is 47.6 Å². The fraction of sp³-hybridized carbons (Fsp3) is 0.321. The second-order valence-electron chi connectivity index (χ2n) is 9.27. The number of nitrogens with one attached hydrogen (secondary N) is 2. The molecule has 2 N–H and O–H groups in total. The molecule has 7 nitrogen and oxygen atoms in total. The Kier molecular flexibility index (Phi) is 9.30. The molecular weight excluding hydrogens is 510 g/mol. The molecule has 1 heterocycles. The van der Waals surface area contributed by atoms with E-state index < -0.39 is 17.5 Å². The summed E-state index contributed by atoms with van der Waals surface area (Å²) in [6, 6.07) is 16.5. The molecule has 3 rings (SSSR count). The van der Waals surface area contributed by atoms with Gasteiger partial charge in [0.15, 0.2) is 0 Å². The smallest absolute Gasteiger partial charge is 0.337 e. The summed E-state index contributed by atoms with van der Waals surface area (Å²) in [5.74, 6) is -0.829. The fourth-order valence-corrected chi connectivity index (χ4v) is 4.81. The maximum atomic E-state index is 13.2. The summed E-state index contributed by atoms with van der Waals surface area (Å²) in [7, 11) is 0. The monoisotopic (exact) mass is 539 g/mol. The molecule has 37 heavy (non-hydrogen) atoms. The number of hydrogen-bond acceptors (Lipinski definition) is 7. The number of halogens is 1. The van der Waals surface area contributed by atoms with Crippen LogP contribution in [-0.2, 0) is 14.3 Å². The van der Waals surface area contributed by atoms with Crippen molar-refractivity contribution >= 4 is 40.9 Å². The van der Waals surface area contributed by atoms with Crippen LogP contribution >= 0.6 is 23.4 Å². The number of amides is 1. The Labute approximate surface area is 226 Å². The molecule has 0 saturated heterocycles. The summed E-state index contributed by atoms with van der Waals surface area (Å²) in [5.41, 5.74) is 1.79. The lowest BCUT2D eigenvalue weighted by Crippen LogP contribution is -2.32. The van der Waals surface area contributed by atoms with Gasteiger partial charge in [-0.2, -0.15) is 5.26 Å². The summed E-state index contributed by atoms with van der Waals surface area (Å²) in [5, 5.41) is 17.2. The number of carbonyl (C=O) groups is 2. The number of ether oxygens (including phenoxy) is 2. The highest BCUT2D eigenvalue weighted by molar-refractivity contribution is 8.03. The van der Waals surface area contributed by atoms with Crippen molar-refractivity contribution in [3.05, 3.63) is 81.0 Å². The molecule has 0 fully saturated rings. The van der Waals surface area contributed by atoms with Crippen molar-refractivity contribution in [1.29, 1.82) is 5.26 Å². The van der Waals surface area contributed by atoms with E-state index in [1.807, 2.05) is 19.1 Å². The Hall–Kier alpha value is -3.41. The molecule has 1 aliphatic heterocycles. The largest absolute Gasteiger partial charge is 0.492 e. The van der Waals surface area contributed by atoms with Crippen LogP contribution in [0.1, 0.15) is 46.1 Å². The van der Waals surface area contributed by atoms with E-state index in [-0.39, 0.29) is 11.7 Å². The van der Waals surface area contributed by atoms with Gasteiger partial charge in [-0.15, -0.1) is 0 Å². The van der Waals surface area contributed by atoms with Crippen molar-refractivity contribution in [2.75, 3.05) is 17.7 Å². The van der Waals surface area contributed by atoms with Gasteiger partial charge in [0.1, 0.15) is 11.4 Å². The zero-order chi connectivity index (χ0) is 27.2. The van der Waals surface area contributed by atoms with Crippen molar-refractivity contribution in [1.82, 2.24) is 5.32 Å². The molecular formula is C28H30ClN3O4S. The van der Waals surface area contributed by atoms with Gasteiger partial charge in [0, 0.05) is 10.7 Å². The van der Waals surface area contributed by atoms with Crippen molar-refractivity contribution in [2.45, 2.75) is 46.1 Å². The zero-order valence-electron chi connectivity index (χ0n) is 21.5. The Morgan fingerprint density at radius 3 is 2.46 bits per heavy atom. The van der Waals surface area contributed by atoms with Crippen LogP contribution < -0.4 is 15.4 Å². The van der Waals surface area contributed by atoms with E-state index in [2.05, 4.69) is 16.7 Å². The summed E-state index contributed by atoms with van der Waals surface area (Å²) >= 11 is 7.29. The molecule has 0 aromatic heterocycles. The average Bonchev–Trinajstić information content (AvgIpc) is 2.83. The van der Waals surface area contributed by atoms with Crippen molar-refractivity contribution in [3.63, 3.8) is 0 Å². The number of nitrogens with zero attached hydrogens (tertiary/aromatic N) is 1. The average molecular weight is 540 g/mol. The number of rotatable bonds is 8. The number of carbonyl (C=O) groups excluding carboxylic acids is 2. The van der Waals surface area contributed by atoms with Crippen LogP contribution in [0.15, 0.2) is 70.4 Å². The maximum Gasteiger partial charge on any atom is 0.337 e. The van der Waals surface area contributed by atoms with E-state index in [1.54, 1.807) is 64.1 Å². The first-order chi connectivity index (χ1) is 17.5. The number of thioether (sulfide) groups is 1. The lowest BCUT2D eigenvalue weighted by molar-refractivity contribution is -0.150. The molecule has 0 radical (unpaired) electrons. The van der Waals surface area contributed by atoms with Gasteiger partial charge in [0.05, 0.1) is 46.2 Å². The van der Waals surface area contributed by atoms with Gasteiger partial charge in [0.2, 0.25) is 5.91 Å². The molecule has 194 valence electrons. The Balaban J connectivity index is 1.90. The number of benzene rings is 2.